The molecule has 0 aliphatic heterocycles. The summed E-state index contributed by atoms with van der Waals surface area (Å²) >= 11 is 1.32. The first-order valence-electron chi connectivity index (χ1n) is 11.5. The monoisotopic (exact) mass is 554 g/mol. The van der Waals surface area contributed by atoms with Crippen LogP contribution >= 0.6 is 11.3 Å². The number of rotatable bonds is 9. The van der Waals surface area contributed by atoms with Gasteiger partial charge in [-0.2, -0.15) is 4.99 Å². The van der Waals surface area contributed by atoms with Crippen molar-refractivity contribution in [1.29, 1.82) is 0 Å². The molecule has 1 aromatic heterocycles. The Balaban J connectivity index is 1.59. The molecule has 0 aliphatic carbocycles. The molecule has 0 saturated carbocycles. The van der Waals surface area contributed by atoms with Crippen LogP contribution in [0.5, 0.6) is 5.75 Å². The molecule has 0 fully saturated rings. The van der Waals surface area contributed by atoms with E-state index in [0.29, 0.717) is 40.6 Å². The molecule has 0 aliphatic rings. The molecule has 2 amide bonds. The van der Waals surface area contributed by atoms with Crippen LogP contribution < -0.4 is 19.6 Å². The van der Waals surface area contributed by atoms with Crippen LogP contribution in [0.1, 0.15) is 17.3 Å². The average Bonchev–Trinajstić information content (AvgIpc) is 3.23. The third-order valence-electron chi connectivity index (χ3n) is 5.47. The lowest BCUT2D eigenvalue weighted by Crippen LogP contribution is -2.19. The summed E-state index contributed by atoms with van der Waals surface area (Å²) in [6.07, 6.45) is 0. The van der Waals surface area contributed by atoms with Crippen molar-refractivity contribution >= 4 is 54.8 Å². The minimum absolute atomic E-state index is 0.0838. The van der Waals surface area contributed by atoms with Crippen molar-refractivity contribution in [3.8, 4) is 5.75 Å². The molecule has 0 unspecified atom stereocenters. The smallest absolute Gasteiger partial charge is 0.279 e. The minimum Gasteiger partial charge on any atom is -0.497 e. The van der Waals surface area contributed by atoms with Gasteiger partial charge in [0, 0.05) is 37.5 Å². The number of carbonyl (C=O) groups excluding carboxylic acids is 2. The van der Waals surface area contributed by atoms with Crippen LogP contribution in [0.25, 0.3) is 10.2 Å². The number of sulfonamides is 1. The Morgan fingerprint density at radius 1 is 0.974 bits per heavy atom. The van der Waals surface area contributed by atoms with Crippen molar-refractivity contribution in [3.63, 3.8) is 0 Å². The number of anilines is 2. The second-order valence-corrected chi connectivity index (χ2v) is 10.9. The quantitative estimate of drug-likeness (QED) is 0.323. The zero-order valence-corrected chi connectivity index (χ0v) is 22.6. The number of ether oxygens (including phenoxy) is 2. The molecule has 38 heavy (non-hydrogen) atoms. The van der Waals surface area contributed by atoms with E-state index in [0.717, 1.165) is 10.2 Å². The molecule has 4 aromatic rings. The first-order valence-corrected chi connectivity index (χ1v) is 13.8. The fraction of sp³-hybridized carbons (Fsp3) is 0.192. The summed E-state index contributed by atoms with van der Waals surface area (Å²) in [5.41, 5.74) is 2.11. The number of fused-ring (bicyclic) bond motifs is 1. The van der Waals surface area contributed by atoms with Crippen LogP contribution in [0.4, 0.5) is 11.4 Å². The Morgan fingerprint density at radius 2 is 1.66 bits per heavy atom. The van der Waals surface area contributed by atoms with Gasteiger partial charge < -0.3 is 19.4 Å². The Morgan fingerprint density at radius 3 is 2.29 bits per heavy atom. The van der Waals surface area contributed by atoms with Crippen LogP contribution in [-0.2, 0) is 26.1 Å². The average molecular weight is 555 g/mol. The summed E-state index contributed by atoms with van der Waals surface area (Å²) < 4.78 is 40.9. The molecule has 198 valence electrons. The number of methoxy groups -OCH3 is 2. The molecule has 4 rings (SSSR count). The van der Waals surface area contributed by atoms with E-state index < -0.39 is 15.9 Å². The molecule has 2 N–H and O–H groups in total. The highest BCUT2D eigenvalue weighted by Crippen LogP contribution is 2.23. The van der Waals surface area contributed by atoms with Gasteiger partial charge in [0.15, 0.2) is 4.80 Å². The van der Waals surface area contributed by atoms with Crippen LogP contribution in [0, 0.1) is 0 Å². The van der Waals surface area contributed by atoms with Crippen LogP contribution in [0.15, 0.2) is 76.6 Å². The SMILES string of the molecule is COCCn1c(=NC(=O)c2ccc(NS(=O)(=O)c3ccc(OC)cc3)cc2)sc2cc(NC(C)=O)ccc21. The molecular weight excluding hydrogens is 528 g/mol. The van der Waals surface area contributed by atoms with E-state index in [1.165, 1.54) is 61.8 Å². The van der Waals surface area contributed by atoms with E-state index in [2.05, 4.69) is 15.0 Å². The number of aromatic nitrogens is 1. The number of nitrogens with one attached hydrogen (secondary N) is 2. The zero-order chi connectivity index (χ0) is 27.3. The molecule has 3 aromatic carbocycles. The number of hydrogen-bond acceptors (Lipinski definition) is 7. The highest BCUT2D eigenvalue weighted by Gasteiger charge is 2.15. The third-order valence-corrected chi connectivity index (χ3v) is 7.91. The molecule has 12 heteroatoms. The van der Waals surface area contributed by atoms with E-state index in [4.69, 9.17) is 9.47 Å². The lowest BCUT2D eigenvalue weighted by molar-refractivity contribution is -0.114. The first kappa shape index (κ1) is 27.0. The molecule has 10 nitrogen and oxygen atoms in total. The van der Waals surface area contributed by atoms with E-state index in [1.54, 1.807) is 25.3 Å². The number of amides is 2. The summed E-state index contributed by atoms with van der Waals surface area (Å²) in [5, 5.41) is 2.75. The maximum Gasteiger partial charge on any atom is 0.279 e. The first-order chi connectivity index (χ1) is 18.2. The van der Waals surface area contributed by atoms with E-state index >= 15 is 0 Å². The number of nitrogens with zero attached hydrogens (tertiary/aromatic N) is 2. The summed E-state index contributed by atoms with van der Waals surface area (Å²) in [7, 11) is -0.720. The van der Waals surface area contributed by atoms with Gasteiger partial charge in [-0.05, 0) is 66.7 Å². The van der Waals surface area contributed by atoms with Gasteiger partial charge in [0.05, 0.1) is 28.8 Å². The molecular formula is C26H26N4O6S2. The van der Waals surface area contributed by atoms with Gasteiger partial charge in [0.1, 0.15) is 5.75 Å². The Bertz CT molecular complexity index is 1640. The molecule has 1 heterocycles. The zero-order valence-electron chi connectivity index (χ0n) is 20.9. The van der Waals surface area contributed by atoms with Crippen molar-refractivity contribution < 1.29 is 27.5 Å². The highest BCUT2D eigenvalue weighted by atomic mass is 32.2. The number of carbonyl (C=O) groups is 2. The predicted molar refractivity (Wildman–Crippen MR) is 146 cm³/mol. The molecule has 0 atom stereocenters. The van der Waals surface area contributed by atoms with Gasteiger partial charge in [-0.15, -0.1) is 0 Å². The molecule has 0 saturated heterocycles. The highest BCUT2D eigenvalue weighted by molar-refractivity contribution is 7.92. The Labute approximate surface area is 223 Å². The summed E-state index contributed by atoms with van der Waals surface area (Å²) in [5.74, 6) is -0.108. The number of hydrogen-bond donors (Lipinski definition) is 2. The van der Waals surface area contributed by atoms with Crippen molar-refractivity contribution in [2.45, 2.75) is 18.4 Å². The van der Waals surface area contributed by atoms with Gasteiger partial charge in [-0.3, -0.25) is 14.3 Å². The Hall–Kier alpha value is -4.00. The van der Waals surface area contributed by atoms with E-state index in [-0.39, 0.29) is 10.8 Å². The van der Waals surface area contributed by atoms with E-state index in [9.17, 15) is 18.0 Å². The van der Waals surface area contributed by atoms with Gasteiger partial charge in [0.2, 0.25) is 5.91 Å². The molecule has 0 spiro atoms. The second kappa shape index (κ2) is 11.6. The number of benzene rings is 3. The molecule has 0 radical (unpaired) electrons. The fourth-order valence-electron chi connectivity index (χ4n) is 3.64. The lowest BCUT2D eigenvalue weighted by atomic mass is 10.2. The van der Waals surface area contributed by atoms with Crippen LogP contribution in [0.3, 0.4) is 0 Å². The summed E-state index contributed by atoms with van der Waals surface area (Å²) in [6, 6.07) is 17.5. The van der Waals surface area contributed by atoms with E-state index in [1.807, 2.05) is 16.7 Å². The topological polar surface area (TPSA) is 128 Å². The van der Waals surface area contributed by atoms with Crippen molar-refractivity contribution in [3.05, 3.63) is 77.1 Å². The fourth-order valence-corrected chi connectivity index (χ4v) is 5.79. The summed E-state index contributed by atoms with van der Waals surface area (Å²) in [6.45, 7) is 2.34. The van der Waals surface area contributed by atoms with Gasteiger partial charge >= 0.3 is 0 Å². The Kier molecular flexibility index (Phi) is 8.25. The van der Waals surface area contributed by atoms with Gasteiger partial charge in [-0.25, -0.2) is 8.42 Å². The predicted octanol–water partition coefficient (Wildman–Crippen LogP) is 3.86. The normalized spacial score (nSPS) is 11.9. The largest absolute Gasteiger partial charge is 0.497 e. The van der Waals surface area contributed by atoms with Crippen LogP contribution in [0.2, 0.25) is 0 Å². The maximum atomic E-state index is 13.0. The van der Waals surface area contributed by atoms with Crippen molar-refractivity contribution in [1.82, 2.24) is 4.57 Å². The maximum absolute atomic E-state index is 13.0. The van der Waals surface area contributed by atoms with Crippen molar-refractivity contribution in [2.75, 3.05) is 30.9 Å². The van der Waals surface area contributed by atoms with Crippen LogP contribution in [-0.4, -0.2) is 45.6 Å². The third kappa shape index (κ3) is 6.28. The van der Waals surface area contributed by atoms with Gasteiger partial charge in [-0.1, -0.05) is 11.3 Å². The van der Waals surface area contributed by atoms with Crippen molar-refractivity contribution in [2.24, 2.45) is 4.99 Å². The lowest BCUT2D eigenvalue weighted by Gasteiger charge is -2.09. The standard InChI is InChI=1S/C26H26N4O6S2/c1-17(31)27-20-8-13-23-24(16-20)37-26(30(23)14-15-35-2)28-25(32)18-4-6-19(7-5-18)29-38(33,34)22-11-9-21(36-3)10-12-22/h4-13,16,29H,14-15H2,1-3H3,(H,27,31). The second-order valence-electron chi connectivity index (χ2n) is 8.17. The summed E-state index contributed by atoms with van der Waals surface area (Å²) in [4.78, 5) is 29.3. The van der Waals surface area contributed by atoms with Gasteiger partial charge in [0.25, 0.3) is 15.9 Å². The molecule has 0 bridgehead atoms. The number of thiazole rings is 1. The minimum atomic E-state index is -3.81.